The Morgan fingerprint density at radius 3 is 2.00 bits per heavy atom. The molecule has 1 fully saturated rings. The second-order valence-electron chi connectivity index (χ2n) is 8.49. The molecule has 2 aromatic carbocycles. The maximum atomic E-state index is 13.1. The first-order chi connectivity index (χ1) is 19.1. The zero-order valence-corrected chi connectivity index (χ0v) is 23.8. The molecule has 4 rings (SSSR count). The molecule has 0 aliphatic carbocycles. The van der Waals surface area contributed by atoms with E-state index >= 15 is 0 Å². The van der Waals surface area contributed by atoms with Crippen LogP contribution in [-0.4, -0.2) is 49.6 Å². The van der Waals surface area contributed by atoms with Gasteiger partial charge in [0.25, 0.3) is 11.4 Å². The lowest BCUT2D eigenvalue weighted by molar-refractivity contribution is -0.385. The molecular weight excluding hydrogens is 634 g/mol. The van der Waals surface area contributed by atoms with Crippen molar-refractivity contribution in [1.29, 1.82) is 0 Å². The van der Waals surface area contributed by atoms with Crippen molar-refractivity contribution < 1.29 is 38.4 Å². The largest absolute Gasteiger partial charge is 0.508 e. The Labute approximate surface area is 243 Å². The molecular formula is C24H20BrN3O10S2. The van der Waals surface area contributed by atoms with Crippen molar-refractivity contribution in [2.45, 2.75) is 31.6 Å². The van der Waals surface area contributed by atoms with E-state index < -0.39 is 45.3 Å². The standard InChI is InChI=1S/C24H20BrN3O10S2/c1-13(38-24(31)37-12-15-4-8-17(9-5-15)28(34)35)19-21(29)26-20(18(10-25)39-40-22(19)26)23(30)36-11-14-2-6-16(7-3-14)27(32)33/h2-9,13,19,22H,10-12H2,1H3/t13-,19+,22-/m1/s1. The molecule has 16 heteroatoms. The number of allylic oxidation sites excluding steroid dienone is 1. The number of nitrogens with zero attached hydrogens (tertiary/aromatic N) is 3. The van der Waals surface area contributed by atoms with Gasteiger partial charge in [0.05, 0.1) is 9.85 Å². The minimum Gasteiger partial charge on any atom is -0.456 e. The van der Waals surface area contributed by atoms with E-state index in [1.165, 1.54) is 75.0 Å². The quantitative estimate of drug-likeness (QED) is 0.0834. The molecule has 3 atom stereocenters. The molecule has 0 N–H and O–H groups in total. The number of β-lactam (4-membered cyclic amide) rings is 1. The molecule has 2 aromatic rings. The van der Waals surface area contributed by atoms with E-state index in [1.807, 2.05) is 0 Å². The highest BCUT2D eigenvalue weighted by atomic mass is 79.9. The number of non-ortho nitro benzene ring substituents is 2. The fourth-order valence-electron chi connectivity index (χ4n) is 3.88. The number of carbonyl (C=O) groups excluding carboxylic acids is 3. The van der Waals surface area contributed by atoms with E-state index in [2.05, 4.69) is 15.9 Å². The molecule has 0 saturated carbocycles. The van der Waals surface area contributed by atoms with Gasteiger partial charge in [0.15, 0.2) is 0 Å². The van der Waals surface area contributed by atoms with E-state index in [0.29, 0.717) is 21.4 Å². The Balaban J connectivity index is 1.34. The minimum absolute atomic E-state index is 0.0849. The number of esters is 1. The van der Waals surface area contributed by atoms with Gasteiger partial charge in [-0.3, -0.25) is 29.9 Å². The number of hydrogen-bond donors (Lipinski definition) is 0. The molecule has 0 bridgehead atoms. The van der Waals surface area contributed by atoms with Crippen LogP contribution in [0.2, 0.25) is 0 Å². The Kier molecular flexibility index (Phi) is 9.32. The summed E-state index contributed by atoms with van der Waals surface area (Å²) in [6, 6.07) is 11.0. The predicted octanol–water partition coefficient (Wildman–Crippen LogP) is 5.07. The third kappa shape index (κ3) is 6.39. The second kappa shape index (κ2) is 12.7. The van der Waals surface area contributed by atoms with Crippen LogP contribution >= 0.6 is 37.5 Å². The third-order valence-electron chi connectivity index (χ3n) is 5.96. The summed E-state index contributed by atoms with van der Waals surface area (Å²) < 4.78 is 15.8. The first-order valence-corrected chi connectivity index (χ1v) is 14.9. The van der Waals surface area contributed by atoms with Crippen molar-refractivity contribution in [2.24, 2.45) is 5.92 Å². The highest BCUT2D eigenvalue weighted by Crippen LogP contribution is 2.53. The Morgan fingerprint density at radius 2 is 1.50 bits per heavy atom. The molecule has 0 spiro atoms. The number of nitro groups is 2. The number of carbonyl (C=O) groups is 3. The van der Waals surface area contributed by atoms with Gasteiger partial charge in [-0.25, -0.2) is 9.59 Å². The summed E-state index contributed by atoms with van der Waals surface area (Å²) in [6.07, 6.45) is -1.88. The van der Waals surface area contributed by atoms with Crippen LogP contribution in [0, 0.1) is 26.1 Å². The van der Waals surface area contributed by atoms with Crippen LogP contribution in [0.1, 0.15) is 18.1 Å². The van der Waals surface area contributed by atoms with E-state index in [1.54, 1.807) is 6.92 Å². The van der Waals surface area contributed by atoms with Crippen molar-refractivity contribution in [1.82, 2.24) is 4.90 Å². The fourth-order valence-corrected chi connectivity index (χ4v) is 7.90. The third-order valence-corrected chi connectivity index (χ3v) is 9.71. The molecule has 2 aliphatic heterocycles. The SMILES string of the molecule is C[C@@H](OC(=O)OCc1ccc([N+](=O)[O-])cc1)[C@H]1C(=O)N2C(C(=O)OCc3ccc([N+](=O)[O-])cc3)=C(CBr)SS[C@H]12. The van der Waals surface area contributed by atoms with Crippen LogP contribution in [0.25, 0.3) is 0 Å². The van der Waals surface area contributed by atoms with Crippen molar-refractivity contribution in [2.75, 3.05) is 5.33 Å². The molecule has 210 valence electrons. The van der Waals surface area contributed by atoms with Crippen LogP contribution in [-0.2, 0) is 37.0 Å². The maximum Gasteiger partial charge on any atom is 0.508 e. The molecule has 1 saturated heterocycles. The van der Waals surface area contributed by atoms with Crippen LogP contribution in [0.4, 0.5) is 16.2 Å². The summed E-state index contributed by atoms with van der Waals surface area (Å²) in [4.78, 5) is 60.8. The minimum atomic E-state index is -1.01. The smallest absolute Gasteiger partial charge is 0.456 e. The van der Waals surface area contributed by atoms with Crippen molar-refractivity contribution in [3.05, 3.63) is 90.5 Å². The first kappa shape index (κ1) is 29.4. The van der Waals surface area contributed by atoms with Crippen LogP contribution in [0.3, 0.4) is 0 Å². The average molecular weight is 654 g/mol. The van der Waals surface area contributed by atoms with Gasteiger partial charge < -0.3 is 14.2 Å². The monoisotopic (exact) mass is 653 g/mol. The topological polar surface area (TPSA) is 168 Å². The summed E-state index contributed by atoms with van der Waals surface area (Å²) >= 11 is 3.33. The number of amides is 1. The molecule has 0 aromatic heterocycles. The number of ether oxygens (including phenoxy) is 3. The first-order valence-electron chi connectivity index (χ1n) is 11.5. The van der Waals surface area contributed by atoms with Gasteiger partial charge in [-0.2, -0.15) is 0 Å². The Hall–Kier alpha value is -3.63. The summed E-state index contributed by atoms with van der Waals surface area (Å²) in [7, 11) is 2.64. The number of rotatable bonds is 10. The number of alkyl halides is 1. The van der Waals surface area contributed by atoms with E-state index in [4.69, 9.17) is 14.2 Å². The van der Waals surface area contributed by atoms with Gasteiger partial charge in [0.2, 0.25) is 5.91 Å². The molecule has 2 aliphatic rings. The summed E-state index contributed by atoms with van der Waals surface area (Å²) in [6.45, 7) is 1.23. The average Bonchev–Trinajstić information content (AvgIpc) is 2.94. The second-order valence-corrected chi connectivity index (χ2v) is 11.5. The van der Waals surface area contributed by atoms with Gasteiger partial charge in [-0.15, -0.1) is 0 Å². The summed E-state index contributed by atoms with van der Waals surface area (Å²) in [5, 5.41) is 21.4. The van der Waals surface area contributed by atoms with Crippen molar-refractivity contribution in [3.8, 4) is 0 Å². The molecule has 1 amide bonds. The number of hydrogen-bond acceptors (Lipinski definition) is 12. The number of halogens is 1. The van der Waals surface area contributed by atoms with E-state index in [0.717, 1.165) is 0 Å². The molecule has 0 radical (unpaired) electrons. The maximum absolute atomic E-state index is 13.1. The number of benzene rings is 2. The molecule has 40 heavy (non-hydrogen) atoms. The number of fused-ring (bicyclic) bond motifs is 1. The zero-order chi connectivity index (χ0) is 29.0. The van der Waals surface area contributed by atoms with E-state index in [-0.39, 0.29) is 30.3 Å². The molecule has 13 nitrogen and oxygen atoms in total. The number of nitro benzene ring substituents is 2. The van der Waals surface area contributed by atoms with Gasteiger partial charge >= 0.3 is 12.1 Å². The van der Waals surface area contributed by atoms with Crippen LogP contribution in [0.5, 0.6) is 0 Å². The van der Waals surface area contributed by atoms with Crippen LogP contribution in [0.15, 0.2) is 59.1 Å². The fraction of sp³-hybridized carbons (Fsp3) is 0.292. The lowest BCUT2D eigenvalue weighted by atomic mass is 9.91. The normalized spacial score (nSPS) is 18.8. The highest BCUT2D eigenvalue weighted by molar-refractivity contribution is 9.09. The predicted molar refractivity (Wildman–Crippen MR) is 147 cm³/mol. The zero-order valence-electron chi connectivity index (χ0n) is 20.6. The van der Waals surface area contributed by atoms with Crippen molar-refractivity contribution in [3.63, 3.8) is 0 Å². The molecule has 2 heterocycles. The Bertz CT molecular complexity index is 1370. The Morgan fingerprint density at radius 1 is 0.975 bits per heavy atom. The lowest BCUT2D eigenvalue weighted by Crippen LogP contribution is -2.64. The summed E-state index contributed by atoms with van der Waals surface area (Å²) in [5.74, 6) is -1.89. The van der Waals surface area contributed by atoms with Gasteiger partial charge in [-0.1, -0.05) is 37.5 Å². The van der Waals surface area contributed by atoms with Crippen molar-refractivity contribution >= 4 is 66.9 Å². The summed E-state index contributed by atoms with van der Waals surface area (Å²) in [5.41, 5.74) is 0.956. The van der Waals surface area contributed by atoms with Crippen LogP contribution < -0.4 is 0 Å². The molecule has 0 unspecified atom stereocenters. The van der Waals surface area contributed by atoms with Gasteiger partial charge in [-0.05, 0) is 42.3 Å². The van der Waals surface area contributed by atoms with E-state index in [9.17, 15) is 34.6 Å². The van der Waals surface area contributed by atoms with Gasteiger partial charge in [0.1, 0.15) is 36.3 Å². The highest BCUT2D eigenvalue weighted by Gasteiger charge is 2.57. The lowest BCUT2D eigenvalue weighted by Gasteiger charge is -2.50. The van der Waals surface area contributed by atoms with Gasteiger partial charge in [0, 0.05) is 34.5 Å².